The normalized spacial score (nSPS) is 11.1. The highest BCUT2D eigenvalue weighted by Crippen LogP contribution is 2.25. The minimum atomic E-state index is 0.112. The SMILES string of the molecule is COc1ccc2nc(SCC(=O)c3cc(C)n(Cc4ccccc4)c3C)[nH]c2c1. The van der Waals surface area contributed by atoms with Crippen LogP contribution >= 0.6 is 11.8 Å². The molecule has 2 heterocycles. The van der Waals surface area contributed by atoms with E-state index in [1.54, 1.807) is 7.11 Å². The Balaban J connectivity index is 1.48. The molecule has 0 atom stereocenters. The number of aryl methyl sites for hydroxylation is 1. The molecule has 0 saturated carbocycles. The highest BCUT2D eigenvalue weighted by atomic mass is 32.2. The minimum Gasteiger partial charge on any atom is -0.497 e. The molecule has 0 radical (unpaired) electrons. The van der Waals surface area contributed by atoms with Crippen LogP contribution in [-0.4, -0.2) is 33.2 Å². The lowest BCUT2D eigenvalue weighted by Gasteiger charge is -2.10. The number of thioether (sulfide) groups is 1. The largest absolute Gasteiger partial charge is 0.497 e. The molecule has 4 aromatic rings. The van der Waals surface area contributed by atoms with Crippen molar-refractivity contribution in [2.75, 3.05) is 12.9 Å². The number of H-pyrrole nitrogens is 1. The summed E-state index contributed by atoms with van der Waals surface area (Å²) in [6, 6.07) is 18.0. The number of rotatable bonds is 7. The maximum Gasteiger partial charge on any atom is 0.175 e. The summed E-state index contributed by atoms with van der Waals surface area (Å²) in [7, 11) is 1.64. The molecule has 4 rings (SSSR count). The quantitative estimate of drug-likeness (QED) is 0.347. The fourth-order valence-electron chi connectivity index (χ4n) is 3.47. The van der Waals surface area contributed by atoms with Crippen LogP contribution < -0.4 is 4.74 Å². The first-order valence-corrected chi connectivity index (χ1v) is 10.4. The summed E-state index contributed by atoms with van der Waals surface area (Å²) in [5.74, 6) is 1.23. The third-order valence-corrected chi connectivity index (χ3v) is 5.94. The molecule has 0 spiro atoms. The average molecular weight is 406 g/mol. The summed E-state index contributed by atoms with van der Waals surface area (Å²) in [5.41, 5.74) is 5.87. The predicted molar refractivity (Wildman–Crippen MR) is 117 cm³/mol. The van der Waals surface area contributed by atoms with Crippen molar-refractivity contribution >= 4 is 28.6 Å². The molecular formula is C23H23N3O2S. The Kier molecular flexibility index (Phi) is 5.45. The van der Waals surface area contributed by atoms with Crippen LogP contribution in [-0.2, 0) is 6.54 Å². The molecule has 5 nitrogen and oxygen atoms in total. The number of ketones is 1. The fraction of sp³-hybridized carbons (Fsp3) is 0.217. The van der Waals surface area contributed by atoms with Crippen LogP contribution in [0.3, 0.4) is 0 Å². The number of nitrogens with zero attached hydrogens (tertiary/aromatic N) is 2. The molecule has 0 aliphatic carbocycles. The molecule has 1 N–H and O–H groups in total. The summed E-state index contributed by atoms with van der Waals surface area (Å²) in [6.07, 6.45) is 0. The molecule has 0 amide bonds. The first kappa shape index (κ1) is 19.3. The topological polar surface area (TPSA) is 59.9 Å². The zero-order chi connectivity index (χ0) is 20.4. The first-order chi connectivity index (χ1) is 14.0. The number of aromatic nitrogens is 3. The van der Waals surface area contributed by atoms with Crippen molar-refractivity contribution in [1.29, 1.82) is 0 Å². The van der Waals surface area contributed by atoms with Gasteiger partial charge in [-0.2, -0.15) is 0 Å². The number of nitrogens with one attached hydrogen (secondary N) is 1. The van der Waals surface area contributed by atoms with Gasteiger partial charge >= 0.3 is 0 Å². The van der Waals surface area contributed by atoms with Gasteiger partial charge in [0.1, 0.15) is 5.75 Å². The summed E-state index contributed by atoms with van der Waals surface area (Å²) >= 11 is 1.42. The predicted octanol–water partition coefficient (Wildman–Crippen LogP) is 5.01. The van der Waals surface area contributed by atoms with Crippen molar-refractivity contribution in [3.05, 3.63) is 77.1 Å². The van der Waals surface area contributed by atoms with Crippen molar-refractivity contribution in [3.8, 4) is 5.75 Å². The molecule has 0 unspecified atom stereocenters. The molecule has 0 aliphatic heterocycles. The second-order valence-corrected chi connectivity index (χ2v) is 7.96. The number of benzene rings is 2. The van der Waals surface area contributed by atoms with E-state index < -0.39 is 0 Å². The smallest absolute Gasteiger partial charge is 0.175 e. The van der Waals surface area contributed by atoms with Gasteiger partial charge in [0.05, 0.1) is 23.9 Å². The Hall–Kier alpha value is -2.99. The van der Waals surface area contributed by atoms with Crippen LogP contribution in [0, 0.1) is 13.8 Å². The number of carbonyl (C=O) groups is 1. The maximum atomic E-state index is 12.9. The van der Waals surface area contributed by atoms with Gasteiger partial charge in [0.15, 0.2) is 10.9 Å². The van der Waals surface area contributed by atoms with Gasteiger partial charge in [0, 0.05) is 29.6 Å². The summed E-state index contributed by atoms with van der Waals surface area (Å²) in [6.45, 7) is 4.83. The Morgan fingerprint density at radius 1 is 1.14 bits per heavy atom. The Morgan fingerprint density at radius 2 is 1.93 bits per heavy atom. The third kappa shape index (κ3) is 4.07. The van der Waals surface area contributed by atoms with Gasteiger partial charge in [-0.15, -0.1) is 0 Å². The summed E-state index contributed by atoms with van der Waals surface area (Å²) in [5, 5.41) is 0.736. The van der Waals surface area contributed by atoms with Crippen molar-refractivity contribution in [3.63, 3.8) is 0 Å². The van der Waals surface area contributed by atoms with E-state index in [4.69, 9.17) is 4.74 Å². The molecule has 0 aliphatic rings. The number of methoxy groups -OCH3 is 1. The van der Waals surface area contributed by atoms with E-state index in [1.165, 1.54) is 17.3 Å². The maximum absolute atomic E-state index is 12.9. The van der Waals surface area contributed by atoms with Crippen LogP contribution in [0.1, 0.15) is 27.3 Å². The summed E-state index contributed by atoms with van der Waals surface area (Å²) < 4.78 is 7.44. The lowest BCUT2D eigenvalue weighted by atomic mass is 10.2. The van der Waals surface area contributed by atoms with Gasteiger partial charge in [0.25, 0.3) is 0 Å². The molecule has 2 aromatic heterocycles. The zero-order valence-corrected chi connectivity index (χ0v) is 17.5. The van der Waals surface area contributed by atoms with Gasteiger partial charge in [-0.1, -0.05) is 42.1 Å². The first-order valence-electron chi connectivity index (χ1n) is 9.45. The molecule has 0 bridgehead atoms. The van der Waals surface area contributed by atoms with E-state index in [0.717, 1.165) is 45.4 Å². The van der Waals surface area contributed by atoms with Crippen molar-refractivity contribution in [1.82, 2.24) is 14.5 Å². The Bertz CT molecular complexity index is 1160. The van der Waals surface area contributed by atoms with E-state index in [-0.39, 0.29) is 5.78 Å². The fourth-order valence-corrected chi connectivity index (χ4v) is 4.23. The number of ether oxygens (including phenoxy) is 1. The highest BCUT2D eigenvalue weighted by molar-refractivity contribution is 7.99. The Morgan fingerprint density at radius 3 is 2.69 bits per heavy atom. The van der Waals surface area contributed by atoms with Crippen molar-refractivity contribution < 1.29 is 9.53 Å². The zero-order valence-electron chi connectivity index (χ0n) is 16.7. The molecule has 6 heteroatoms. The minimum absolute atomic E-state index is 0.112. The number of aromatic amines is 1. The van der Waals surface area contributed by atoms with Gasteiger partial charge in [-0.3, -0.25) is 4.79 Å². The number of hydrogen-bond acceptors (Lipinski definition) is 4. The van der Waals surface area contributed by atoms with Gasteiger partial charge in [-0.25, -0.2) is 4.98 Å². The molecule has 0 saturated heterocycles. The number of hydrogen-bond donors (Lipinski definition) is 1. The van der Waals surface area contributed by atoms with Crippen molar-refractivity contribution in [2.24, 2.45) is 0 Å². The van der Waals surface area contributed by atoms with E-state index in [1.807, 2.05) is 56.3 Å². The van der Waals surface area contributed by atoms with Crippen molar-refractivity contribution in [2.45, 2.75) is 25.5 Å². The molecule has 0 fully saturated rings. The van der Waals surface area contributed by atoms with Crippen LogP contribution in [0.4, 0.5) is 0 Å². The van der Waals surface area contributed by atoms with Gasteiger partial charge in [0.2, 0.25) is 0 Å². The molecule has 29 heavy (non-hydrogen) atoms. The van der Waals surface area contributed by atoms with E-state index in [0.29, 0.717) is 5.75 Å². The van der Waals surface area contributed by atoms with Crippen LogP contribution in [0.2, 0.25) is 0 Å². The van der Waals surface area contributed by atoms with E-state index in [2.05, 4.69) is 26.7 Å². The van der Waals surface area contributed by atoms with Crippen LogP contribution in [0.5, 0.6) is 5.75 Å². The monoisotopic (exact) mass is 405 g/mol. The number of Topliss-reactive ketones (excluding diaryl/α,β-unsaturated/α-hetero) is 1. The average Bonchev–Trinajstić information content (AvgIpc) is 3.27. The molecular weight excluding hydrogens is 382 g/mol. The number of fused-ring (bicyclic) bond motifs is 1. The molecule has 2 aromatic carbocycles. The highest BCUT2D eigenvalue weighted by Gasteiger charge is 2.17. The standard InChI is InChI=1S/C23H23N3O2S/c1-15-11-19(16(2)26(15)13-17-7-5-4-6-8-17)22(27)14-29-23-24-20-10-9-18(28-3)12-21(20)25-23/h4-12H,13-14H2,1-3H3,(H,24,25). The number of imidazole rings is 1. The summed E-state index contributed by atoms with van der Waals surface area (Å²) in [4.78, 5) is 20.7. The number of carbonyl (C=O) groups excluding carboxylic acids is 1. The van der Waals surface area contributed by atoms with Crippen LogP contribution in [0.15, 0.2) is 59.8 Å². The molecule has 148 valence electrons. The second-order valence-electron chi connectivity index (χ2n) is 6.99. The van der Waals surface area contributed by atoms with E-state index >= 15 is 0 Å². The van der Waals surface area contributed by atoms with Gasteiger partial charge < -0.3 is 14.3 Å². The lowest BCUT2D eigenvalue weighted by molar-refractivity contribution is 0.102. The second kappa shape index (κ2) is 8.17. The van der Waals surface area contributed by atoms with Gasteiger partial charge in [-0.05, 0) is 37.6 Å². The lowest BCUT2D eigenvalue weighted by Crippen LogP contribution is -2.07. The van der Waals surface area contributed by atoms with E-state index in [9.17, 15) is 4.79 Å². The van der Waals surface area contributed by atoms with Crippen LogP contribution in [0.25, 0.3) is 11.0 Å². The Labute approximate surface area is 174 Å². The third-order valence-electron chi connectivity index (χ3n) is 5.06.